The van der Waals surface area contributed by atoms with Crippen LogP contribution >= 0.6 is 0 Å². The normalized spacial score (nSPS) is 8.06. The molecule has 0 aliphatic carbocycles. The molecule has 0 unspecified atom stereocenters. The minimum atomic E-state index is 0.312. The van der Waals surface area contributed by atoms with Crippen LogP contribution < -0.4 is 4.74 Å². The van der Waals surface area contributed by atoms with Gasteiger partial charge in [-0.1, -0.05) is 26.8 Å². The number of aryl methyl sites for hydroxylation is 1. The quantitative estimate of drug-likeness (QED) is 0.841. The zero-order chi connectivity index (χ0) is 14.4. The van der Waals surface area contributed by atoms with Gasteiger partial charge in [-0.05, 0) is 25.0 Å². The third-order valence-corrected chi connectivity index (χ3v) is 1.91. The number of phenols is 1. The number of carbonyl (C=O) groups is 1. The highest BCUT2D eigenvalue weighted by molar-refractivity contribution is 5.39. The van der Waals surface area contributed by atoms with Crippen LogP contribution in [-0.2, 0) is 16.0 Å². The van der Waals surface area contributed by atoms with E-state index in [1.54, 1.807) is 20.1 Å². The standard InChI is InChI=1S/C9H12O2.C3H6O2.C2H6/c1-3-7-4-5-8(11-2)6-9(7)10;1-2-5-3-4;1-2/h4-6,10H,3H2,1-2H3;3H,2H2,1H3;1-2H3. The van der Waals surface area contributed by atoms with Gasteiger partial charge in [0.2, 0.25) is 0 Å². The molecule has 0 spiro atoms. The number of phenolic OH excluding ortho intramolecular Hbond substituents is 1. The maximum absolute atomic E-state index is 9.34. The molecule has 0 saturated heterocycles. The Bertz CT molecular complexity index is 311. The Kier molecular flexibility index (Phi) is 13.8. The van der Waals surface area contributed by atoms with Gasteiger partial charge in [0.05, 0.1) is 13.7 Å². The predicted octanol–water partition coefficient (Wildman–Crippen LogP) is 3.17. The fourth-order valence-electron chi connectivity index (χ4n) is 1.04. The smallest absolute Gasteiger partial charge is 0.293 e. The van der Waals surface area contributed by atoms with Gasteiger partial charge in [-0.25, -0.2) is 0 Å². The summed E-state index contributed by atoms with van der Waals surface area (Å²) in [7, 11) is 1.58. The van der Waals surface area contributed by atoms with Gasteiger partial charge in [0.1, 0.15) is 11.5 Å². The second-order valence-electron chi connectivity index (χ2n) is 2.90. The lowest BCUT2D eigenvalue weighted by molar-refractivity contribution is -0.128. The van der Waals surface area contributed by atoms with Gasteiger partial charge >= 0.3 is 0 Å². The third-order valence-electron chi connectivity index (χ3n) is 1.91. The lowest BCUT2D eigenvalue weighted by Gasteiger charge is -2.03. The predicted molar refractivity (Wildman–Crippen MR) is 73.1 cm³/mol. The first-order valence-corrected chi connectivity index (χ1v) is 6.10. The molecule has 1 aromatic rings. The summed E-state index contributed by atoms with van der Waals surface area (Å²) >= 11 is 0. The highest BCUT2D eigenvalue weighted by Crippen LogP contribution is 2.23. The van der Waals surface area contributed by atoms with E-state index in [2.05, 4.69) is 4.74 Å². The number of aromatic hydroxyl groups is 1. The molecule has 104 valence electrons. The van der Waals surface area contributed by atoms with Crippen molar-refractivity contribution in [2.24, 2.45) is 0 Å². The summed E-state index contributed by atoms with van der Waals surface area (Å²) in [5.41, 5.74) is 0.950. The van der Waals surface area contributed by atoms with Crippen LogP contribution in [0.3, 0.4) is 0 Å². The lowest BCUT2D eigenvalue weighted by Crippen LogP contribution is -1.85. The number of hydrogen-bond donors (Lipinski definition) is 1. The van der Waals surface area contributed by atoms with Gasteiger partial charge < -0.3 is 14.6 Å². The molecule has 0 saturated carbocycles. The summed E-state index contributed by atoms with van der Waals surface area (Å²) in [6.07, 6.45) is 0.843. The zero-order valence-corrected chi connectivity index (χ0v) is 11.9. The average molecular weight is 256 g/mol. The lowest BCUT2D eigenvalue weighted by atomic mass is 10.1. The molecule has 0 amide bonds. The first-order valence-electron chi connectivity index (χ1n) is 6.10. The SMILES string of the molecule is CC.CCOC=O.CCc1ccc(OC)cc1O. The number of benzene rings is 1. The molecule has 1 rings (SSSR count). The second-order valence-corrected chi connectivity index (χ2v) is 2.90. The summed E-state index contributed by atoms with van der Waals surface area (Å²) in [5, 5.41) is 9.34. The minimum Gasteiger partial charge on any atom is -0.508 e. The third kappa shape index (κ3) is 8.44. The van der Waals surface area contributed by atoms with Crippen molar-refractivity contribution in [1.82, 2.24) is 0 Å². The van der Waals surface area contributed by atoms with E-state index in [1.165, 1.54) is 0 Å². The maximum Gasteiger partial charge on any atom is 0.293 e. The van der Waals surface area contributed by atoms with Crippen molar-refractivity contribution in [1.29, 1.82) is 0 Å². The van der Waals surface area contributed by atoms with Gasteiger partial charge in [0, 0.05) is 6.07 Å². The van der Waals surface area contributed by atoms with Crippen molar-refractivity contribution in [3.05, 3.63) is 23.8 Å². The van der Waals surface area contributed by atoms with Crippen LogP contribution in [0.1, 0.15) is 33.3 Å². The zero-order valence-electron chi connectivity index (χ0n) is 11.9. The Balaban J connectivity index is 0. The van der Waals surface area contributed by atoms with Crippen LogP contribution in [0.4, 0.5) is 0 Å². The van der Waals surface area contributed by atoms with Crippen LogP contribution in [0, 0.1) is 0 Å². The fourth-order valence-corrected chi connectivity index (χ4v) is 1.04. The van der Waals surface area contributed by atoms with Gasteiger partial charge in [0.25, 0.3) is 6.47 Å². The molecular formula is C14H24O4. The van der Waals surface area contributed by atoms with Crippen molar-refractivity contribution in [2.45, 2.75) is 34.1 Å². The van der Waals surface area contributed by atoms with Crippen LogP contribution in [0.5, 0.6) is 11.5 Å². The summed E-state index contributed by atoms with van der Waals surface area (Å²) in [5.74, 6) is 1.01. The Morgan fingerprint density at radius 1 is 1.28 bits per heavy atom. The molecule has 0 bridgehead atoms. The molecule has 0 heterocycles. The molecule has 0 fully saturated rings. The highest BCUT2D eigenvalue weighted by atomic mass is 16.5. The Morgan fingerprint density at radius 3 is 2.17 bits per heavy atom. The Hall–Kier alpha value is -1.71. The molecule has 0 radical (unpaired) electrons. The van der Waals surface area contributed by atoms with E-state index in [1.807, 2.05) is 32.9 Å². The van der Waals surface area contributed by atoms with E-state index in [0.29, 0.717) is 24.6 Å². The molecular weight excluding hydrogens is 232 g/mol. The van der Waals surface area contributed by atoms with E-state index < -0.39 is 0 Å². The maximum atomic E-state index is 9.34. The van der Waals surface area contributed by atoms with Crippen molar-refractivity contribution in [3.8, 4) is 11.5 Å². The molecule has 0 aromatic heterocycles. The number of carbonyl (C=O) groups excluding carboxylic acids is 1. The van der Waals surface area contributed by atoms with Gasteiger partial charge in [-0.2, -0.15) is 0 Å². The monoisotopic (exact) mass is 256 g/mol. The number of methoxy groups -OCH3 is 1. The molecule has 0 atom stereocenters. The van der Waals surface area contributed by atoms with Crippen molar-refractivity contribution in [2.75, 3.05) is 13.7 Å². The highest BCUT2D eigenvalue weighted by Gasteiger charge is 1.99. The van der Waals surface area contributed by atoms with Crippen LogP contribution in [0.25, 0.3) is 0 Å². The Morgan fingerprint density at radius 2 is 1.89 bits per heavy atom. The first-order chi connectivity index (χ1) is 8.69. The van der Waals surface area contributed by atoms with Crippen molar-refractivity contribution in [3.63, 3.8) is 0 Å². The molecule has 4 nitrogen and oxygen atoms in total. The van der Waals surface area contributed by atoms with E-state index in [0.717, 1.165) is 12.0 Å². The van der Waals surface area contributed by atoms with E-state index in [-0.39, 0.29) is 0 Å². The number of ether oxygens (including phenoxy) is 2. The second kappa shape index (κ2) is 13.4. The first kappa shape index (κ1) is 18.6. The molecule has 0 aliphatic rings. The molecule has 1 N–H and O–H groups in total. The summed E-state index contributed by atoms with van der Waals surface area (Å²) in [6.45, 7) is 8.67. The van der Waals surface area contributed by atoms with Crippen LogP contribution in [-0.4, -0.2) is 25.3 Å². The van der Waals surface area contributed by atoms with Gasteiger partial charge in [-0.3, -0.25) is 4.79 Å². The van der Waals surface area contributed by atoms with E-state index in [4.69, 9.17) is 4.74 Å². The number of rotatable bonds is 4. The minimum absolute atomic E-state index is 0.312. The number of hydrogen-bond acceptors (Lipinski definition) is 4. The van der Waals surface area contributed by atoms with Crippen molar-refractivity contribution >= 4 is 6.47 Å². The van der Waals surface area contributed by atoms with Crippen LogP contribution in [0.15, 0.2) is 18.2 Å². The molecule has 1 aromatic carbocycles. The molecule has 18 heavy (non-hydrogen) atoms. The van der Waals surface area contributed by atoms with Crippen LogP contribution in [0.2, 0.25) is 0 Å². The Labute approximate surface area is 110 Å². The fraction of sp³-hybridized carbons (Fsp3) is 0.500. The molecule has 4 heteroatoms. The van der Waals surface area contributed by atoms with E-state index >= 15 is 0 Å². The largest absolute Gasteiger partial charge is 0.508 e. The van der Waals surface area contributed by atoms with Gasteiger partial charge in [-0.15, -0.1) is 0 Å². The summed E-state index contributed by atoms with van der Waals surface area (Å²) < 4.78 is 9.09. The topological polar surface area (TPSA) is 55.8 Å². The van der Waals surface area contributed by atoms with Gasteiger partial charge in [0.15, 0.2) is 0 Å². The van der Waals surface area contributed by atoms with E-state index in [9.17, 15) is 9.90 Å². The average Bonchev–Trinajstić information content (AvgIpc) is 2.42. The summed E-state index contributed by atoms with van der Waals surface area (Å²) in [4.78, 5) is 9.18. The molecule has 0 aliphatic heterocycles. The van der Waals surface area contributed by atoms with Crippen molar-refractivity contribution < 1.29 is 19.4 Å². The summed E-state index contributed by atoms with van der Waals surface area (Å²) in [6, 6.07) is 5.34.